The molecule has 8 nitrogen and oxygen atoms in total. The zero-order chi connectivity index (χ0) is 20.5. The van der Waals surface area contributed by atoms with Gasteiger partial charge in [0.1, 0.15) is 12.1 Å². The van der Waals surface area contributed by atoms with Crippen LogP contribution in [0.2, 0.25) is 0 Å². The summed E-state index contributed by atoms with van der Waals surface area (Å²) in [6, 6.07) is 10.1. The van der Waals surface area contributed by atoms with Crippen LogP contribution < -0.4 is 4.90 Å². The molecule has 30 heavy (non-hydrogen) atoms. The molecule has 0 saturated carbocycles. The van der Waals surface area contributed by atoms with Crippen LogP contribution >= 0.6 is 11.3 Å². The van der Waals surface area contributed by atoms with Gasteiger partial charge in [-0.15, -0.1) is 16.4 Å². The second-order valence-electron chi connectivity index (χ2n) is 6.97. The average molecular weight is 423 g/mol. The number of aromatic nitrogens is 5. The lowest BCUT2D eigenvalue weighted by Crippen LogP contribution is -2.49. The molecule has 0 atom stereocenters. The van der Waals surface area contributed by atoms with E-state index in [0.29, 0.717) is 55.3 Å². The Kier molecular flexibility index (Phi) is 4.83. The number of piperazine rings is 1. The van der Waals surface area contributed by atoms with Gasteiger partial charge in [-0.1, -0.05) is 17.3 Å². The van der Waals surface area contributed by atoms with Crippen molar-refractivity contribution in [3.63, 3.8) is 0 Å². The number of hydrogen-bond donors (Lipinski definition) is 0. The molecule has 0 bridgehead atoms. The van der Waals surface area contributed by atoms with E-state index in [1.807, 2.05) is 22.4 Å². The third-order valence-corrected chi connectivity index (χ3v) is 5.99. The molecule has 152 valence electrons. The normalized spacial score (nSPS) is 14.4. The number of fused-ring (bicyclic) bond motifs is 1. The van der Waals surface area contributed by atoms with Crippen LogP contribution in [0.15, 0.2) is 48.1 Å². The largest absolute Gasteiger partial charge is 0.351 e. The summed E-state index contributed by atoms with van der Waals surface area (Å²) in [5.74, 6) is 0.462. The minimum atomic E-state index is -0.353. The number of amides is 1. The van der Waals surface area contributed by atoms with E-state index in [1.54, 1.807) is 23.5 Å². The molecule has 1 aliphatic heterocycles. The highest BCUT2D eigenvalue weighted by Gasteiger charge is 2.25. The first-order valence-corrected chi connectivity index (χ1v) is 10.4. The number of halogens is 1. The Balaban J connectivity index is 1.34. The zero-order valence-electron chi connectivity index (χ0n) is 16.0. The average Bonchev–Trinajstić information content (AvgIpc) is 3.43. The molecule has 5 rings (SSSR count). The number of hydrogen-bond acceptors (Lipinski definition) is 7. The van der Waals surface area contributed by atoms with Gasteiger partial charge in [-0.3, -0.25) is 4.79 Å². The number of carbonyl (C=O) groups is 1. The number of benzene rings is 1. The van der Waals surface area contributed by atoms with E-state index >= 15 is 0 Å². The third-order valence-electron chi connectivity index (χ3n) is 5.11. The van der Waals surface area contributed by atoms with Crippen molar-refractivity contribution in [1.82, 2.24) is 29.9 Å². The Morgan fingerprint density at radius 3 is 2.73 bits per heavy atom. The molecule has 0 unspecified atom stereocenters. The molecule has 0 N–H and O–H groups in total. The van der Waals surface area contributed by atoms with Gasteiger partial charge in [-0.05, 0) is 29.6 Å². The molecule has 4 aromatic rings. The Morgan fingerprint density at radius 2 is 1.97 bits per heavy atom. The van der Waals surface area contributed by atoms with E-state index in [-0.39, 0.29) is 11.7 Å². The van der Waals surface area contributed by atoms with E-state index in [9.17, 15) is 9.18 Å². The van der Waals surface area contributed by atoms with Crippen molar-refractivity contribution in [2.45, 2.75) is 6.42 Å². The monoisotopic (exact) mass is 423 g/mol. The fourth-order valence-electron chi connectivity index (χ4n) is 3.59. The Morgan fingerprint density at radius 1 is 1.10 bits per heavy atom. The lowest BCUT2D eigenvalue weighted by molar-refractivity contribution is -0.130. The van der Waals surface area contributed by atoms with Crippen LogP contribution in [0.5, 0.6) is 0 Å². The summed E-state index contributed by atoms with van der Waals surface area (Å²) in [5.41, 5.74) is 1.62. The van der Waals surface area contributed by atoms with Crippen LogP contribution in [0.1, 0.15) is 4.88 Å². The Bertz CT molecular complexity index is 1190. The molecule has 1 aliphatic rings. The SMILES string of the molecule is O=C(Cc1cccs1)N1CCN(c2ncnc3c2nnn3-c2cccc(F)c2)CC1. The second kappa shape index (κ2) is 7.79. The summed E-state index contributed by atoms with van der Waals surface area (Å²) in [6.45, 7) is 2.53. The zero-order valence-corrected chi connectivity index (χ0v) is 16.8. The molecule has 4 heterocycles. The van der Waals surface area contributed by atoms with Crippen molar-refractivity contribution in [2.24, 2.45) is 0 Å². The van der Waals surface area contributed by atoms with Gasteiger partial charge in [-0.2, -0.15) is 4.68 Å². The smallest absolute Gasteiger partial charge is 0.227 e. The Hall–Kier alpha value is -3.40. The predicted molar refractivity (Wildman–Crippen MR) is 111 cm³/mol. The van der Waals surface area contributed by atoms with Gasteiger partial charge >= 0.3 is 0 Å². The molecular formula is C20H18FN7OS. The topological polar surface area (TPSA) is 80.0 Å². The van der Waals surface area contributed by atoms with Gasteiger partial charge in [0.25, 0.3) is 0 Å². The van der Waals surface area contributed by atoms with Gasteiger partial charge in [0.05, 0.1) is 12.1 Å². The lowest BCUT2D eigenvalue weighted by Gasteiger charge is -2.35. The summed E-state index contributed by atoms with van der Waals surface area (Å²) in [4.78, 5) is 26.3. The van der Waals surface area contributed by atoms with E-state index in [2.05, 4.69) is 25.2 Å². The molecule has 1 aromatic carbocycles. The maximum Gasteiger partial charge on any atom is 0.227 e. The highest BCUT2D eigenvalue weighted by Crippen LogP contribution is 2.24. The van der Waals surface area contributed by atoms with Crippen molar-refractivity contribution >= 4 is 34.2 Å². The molecule has 10 heteroatoms. The molecule has 3 aromatic heterocycles. The van der Waals surface area contributed by atoms with Gasteiger partial charge in [0.2, 0.25) is 5.91 Å². The van der Waals surface area contributed by atoms with Gasteiger partial charge < -0.3 is 9.80 Å². The molecule has 0 radical (unpaired) electrons. The van der Waals surface area contributed by atoms with E-state index in [1.165, 1.54) is 23.1 Å². The van der Waals surface area contributed by atoms with Crippen LogP contribution in [-0.4, -0.2) is 61.9 Å². The van der Waals surface area contributed by atoms with Crippen LogP contribution in [0, 0.1) is 5.82 Å². The number of thiophene rings is 1. The summed E-state index contributed by atoms with van der Waals surface area (Å²) in [5, 5.41) is 10.4. The highest BCUT2D eigenvalue weighted by molar-refractivity contribution is 7.10. The number of nitrogens with zero attached hydrogens (tertiary/aromatic N) is 7. The van der Waals surface area contributed by atoms with Gasteiger partial charge in [0.15, 0.2) is 17.0 Å². The molecule has 0 aliphatic carbocycles. The maximum absolute atomic E-state index is 13.6. The van der Waals surface area contributed by atoms with Gasteiger partial charge in [-0.25, -0.2) is 14.4 Å². The number of rotatable bonds is 4. The minimum Gasteiger partial charge on any atom is -0.351 e. The number of carbonyl (C=O) groups excluding carboxylic acids is 1. The van der Waals surface area contributed by atoms with E-state index in [0.717, 1.165) is 4.88 Å². The molecular weight excluding hydrogens is 405 g/mol. The van der Waals surface area contributed by atoms with Crippen LogP contribution in [0.4, 0.5) is 10.2 Å². The maximum atomic E-state index is 13.6. The minimum absolute atomic E-state index is 0.141. The summed E-state index contributed by atoms with van der Waals surface area (Å²) < 4.78 is 15.1. The van der Waals surface area contributed by atoms with E-state index < -0.39 is 0 Å². The summed E-state index contributed by atoms with van der Waals surface area (Å²) >= 11 is 1.60. The van der Waals surface area contributed by atoms with E-state index in [4.69, 9.17) is 0 Å². The quantitative estimate of drug-likeness (QED) is 0.501. The van der Waals surface area contributed by atoms with Crippen molar-refractivity contribution in [2.75, 3.05) is 31.1 Å². The Labute approximate surface area is 175 Å². The van der Waals surface area contributed by atoms with Crippen molar-refractivity contribution in [1.29, 1.82) is 0 Å². The number of anilines is 1. The summed E-state index contributed by atoms with van der Waals surface area (Å²) in [6.07, 6.45) is 1.91. The van der Waals surface area contributed by atoms with Crippen molar-refractivity contribution in [3.05, 3.63) is 58.8 Å². The first-order valence-electron chi connectivity index (χ1n) is 9.56. The molecule has 0 spiro atoms. The van der Waals surface area contributed by atoms with Crippen LogP contribution in [0.25, 0.3) is 16.9 Å². The third kappa shape index (κ3) is 3.50. The molecule has 1 saturated heterocycles. The fourth-order valence-corrected chi connectivity index (χ4v) is 4.29. The highest BCUT2D eigenvalue weighted by atomic mass is 32.1. The van der Waals surface area contributed by atoms with Crippen molar-refractivity contribution < 1.29 is 9.18 Å². The van der Waals surface area contributed by atoms with Crippen molar-refractivity contribution in [3.8, 4) is 5.69 Å². The van der Waals surface area contributed by atoms with Gasteiger partial charge in [0, 0.05) is 31.1 Å². The standard InChI is InChI=1S/C20H18FN7OS/c21-14-3-1-4-15(11-14)28-20-18(24-25-28)19(22-13-23-20)27-8-6-26(7-9-27)17(29)12-16-5-2-10-30-16/h1-5,10-11,13H,6-9,12H2. The molecule has 1 amide bonds. The van der Waals surface area contributed by atoms with Crippen LogP contribution in [-0.2, 0) is 11.2 Å². The summed E-state index contributed by atoms with van der Waals surface area (Å²) in [7, 11) is 0. The van der Waals surface area contributed by atoms with Crippen LogP contribution in [0.3, 0.4) is 0 Å². The first-order chi connectivity index (χ1) is 14.7. The first kappa shape index (κ1) is 18.6. The predicted octanol–water partition coefficient (Wildman–Crippen LogP) is 2.30. The lowest BCUT2D eigenvalue weighted by atomic mass is 10.2. The fraction of sp³-hybridized carbons (Fsp3) is 0.250. The second-order valence-corrected chi connectivity index (χ2v) is 8.01. The molecule has 1 fully saturated rings.